The van der Waals surface area contributed by atoms with E-state index in [0.717, 1.165) is 16.7 Å². The number of sulfone groups is 1. The van der Waals surface area contributed by atoms with Crippen LogP contribution in [0.1, 0.15) is 16.8 Å². The van der Waals surface area contributed by atoms with Gasteiger partial charge in [-0.2, -0.15) is 5.10 Å². The van der Waals surface area contributed by atoms with Crippen LogP contribution in [0.5, 0.6) is 0 Å². The van der Waals surface area contributed by atoms with Crippen LogP contribution in [0.3, 0.4) is 0 Å². The van der Waals surface area contributed by atoms with Gasteiger partial charge in [0.1, 0.15) is 5.82 Å². The molecule has 1 amide bonds. The van der Waals surface area contributed by atoms with Crippen LogP contribution in [0.25, 0.3) is 16.8 Å². The number of anilines is 1. The van der Waals surface area contributed by atoms with Crippen LogP contribution in [0.2, 0.25) is 5.02 Å². The highest BCUT2D eigenvalue weighted by atomic mass is 35.5. The van der Waals surface area contributed by atoms with Gasteiger partial charge in [-0.25, -0.2) is 13.1 Å². The predicted octanol–water partition coefficient (Wildman–Crippen LogP) is 4.80. The predicted molar refractivity (Wildman–Crippen MR) is 129 cm³/mol. The van der Waals surface area contributed by atoms with Gasteiger partial charge in [0.25, 0.3) is 0 Å². The number of halogens is 1. The quantitative estimate of drug-likeness (QED) is 0.447. The molecule has 0 aliphatic carbocycles. The second-order valence-electron chi connectivity index (χ2n) is 7.99. The van der Waals surface area contributed by atoms with Gasteiger partial charge in [-0.15, -0.1) is 0 Å². The summed E-state index contributed by atoms with van der Waals surface area (Å²) in [6.07, 6.45) is 0.150. The molecule has 0 saturated heterocycles. The molecule has 2 heterocycles. The first-order valence-corrected chi connectivity index (χ1v) is 12.6. The minimum Gasteiger partial charge on any atom is -0.310 e. The standard InChI is InChI=1S/C25H20ClN3O3S/c26-20-7-4-8-21(14-20)29-25(22-15-33(31,32)16-23(22)28-29)27-24(30)13-17-9-11-19(12-10-17)18-5-2-1-3-6-18/h1-12,14H,13,15-16H2,(H,27,30). The van der Waals surface area contributed by atoms with E-state index >= 15 is 0 Å². The molecule has 0 bridgehead atoms. The highest BCUT2D eigenvalue weighted by Crippen LogP contribution is 2.33. The van der Waals surface area contributed by atoms with E-state index in [-0.39, 0.29) is 23.8 Å². The maximum atomic E-state index is 12.9. The summed E-state index contributed by atoms with van der Waals surface area (Å²) >= 11 is 6.13. The first-order valence-electron chi connectivity index (χ1n) is 10.4. The Labute approximate surface area is 196 Å². The molecular formula is C25H20ClN3O3S. The van der Waals surface area contributed by atoms with E-state index < -0.39 is 9.84 Å². The van der Waals surface area contributed by atoms with Gasteiger partial charge >= 0.3 is 0 Å². The molecule has 1 N–H and O–H groups in total. The summed E-state index contributed by atoms with van der Waals surface area (Å²) in [4.78, 5) is 12.9. The van der Waals surface area contributed by atoms with Crippen LogP contribution in [0.4, 0.5) is 5.82 Å². The van der Waals surface area contributed by atoms with Crippen LogP contribution < -0.4 is 5.32 Å². The van der Waals surface area contributed by atoms with E-state index in [1.807, 2.05) is 54.6 Å². The Bertz CT molecular complexity index is 1450. The monoisotopic (exact) mass is 477 g/mol. The zero-order chi connectivity index (χ0) is 23.0. The SMILES string of the molecule is O=C(Cc1ccc(-c2ccccc2)cc1)Nc1c2c(nn1-c1cccc(Cl)c1)CS(=O)(=O)C2. The molecule has 33 heavy (non-hydrogen) atoms. The highest BCUT2D eigenvalue weighted by Gasteiger charge is 2.33. The van der Waals surface area contributed by atoms with E-state index in [1.54, 1.807) is 28.9 Å². The van der Waals surface area contributed by atoms with Crippen LogP contribution in [0, 0.1) is 0 Å². The van der Waals surface area contributed by atoms with E-state index in [9.17, 15) is 13.2 Å². The van der Waals surface area contributed by atoms with Crippen LogP contribution >= 0.6 is 11.6 Å². The Kier molecular flexibility index (Phi) is 5.52. The van der Waals surface area contributed by atoms with Gasteiger partial charge in [-0.1, -0.05) is 72.3 Å². The normalized spacial score (nSPS) is 14.1. The lowest BCUT2D eigenvalue weighted by atomic mass is 10.0. The number of aromatic nitrogens is 2. The first kappa shape index (κ1) is 21.4. The van der Waals surface area contributed by atoms with Crippen molar-refractivity contribution in [2.75, 3.05) is 5.32 Å². The third-order valence-electron chi connectivity index (χ3n) is 5.52. The van der Waals surface area contributed by atoms with Crippen molar-refractivity contribution in [2.45, 2.75) is 17.9 Å². The van der Waals surface area contributed by atoms with Gasteiger partial charge in [0, 0.05) is 10.6 Å². The van der Waals surface area contributed by atoms with Crippen molar-refractivity contribution in [2.24, 2.45) is 0 Å². The van der Waals surface area contributed by atoms with Gasteiger partial charge in [0.05, 0.1) is 29.3 Å². The maximum Gasteiger partial charge on any atom is 0.229 e. The fourth-order valence-electron chi connectivity index (χ4n) is 3.97. The smallest absolute Gasteiger partial charge is 0.229 e. The molecule has 1 aliphatic rings. The van der Waals surface area contributed by atoms with E-state index in [0.29, 0.717) is 27.8 Å². The molecule has 0 fully saturated rings. The number of benzene rings is 3. The second-order valence-corrected chi connectivity index (χ2v) is 10.5. The molecule has 3 aromatic carbocycles. The minimum atomic E-state index is -3.27. The van der Waals surface area contributed by atoms with Crippen molar-refractivity contribution < 1.29 is 13.2 Å². The molecule has 0 radical (unpaired) electrons. The van der Waals surface area contributed by atoms with Gasteiger partial charge in [-0.05, 0) is 34.9 Å². The van der Waals surface area contributed by atoms with Crippen molar-refractivity contribution in [3.05, 3.63) is 101 Å². The Morgan fingerprint density at radius 3 is 2.39 bits per heavy atom. The van der Waals surface area contributed by atoms with Crippen molar-refractivity contribution in [1.82, 2.24) is 9.78 Å². The zero-order valence-corrected chi connectivity index (χ0v) is 19.1. The Balaban J connectivity index is 1.40. The summed E-state index contributed by atoms with van der Waals surface area (Å²) < 4.78 is 25.8. The molecular weight excluding hydrogens is 458 g/mol. The Hall–Kier alpha value is -3.42. The highest BCUT2D eigenvalue weighted by molar-refractivity contribution is 7.90. The van der Waals surface area contributed by atoms with E-state index in [1.165, 1.54) is 0 Å². The van der Waals surface area contributed by atoms with E-state index in [2.05, 4.69) is 10.4 Å². The summed E-state index contributed by atoms with van der Waals surface area (Å²) in [7, 11) is -3.27. The van der Waals surface area contributed by atoms with Crippen LogP contribution in [-0.2, 0) is 32.6 Å². The Morgan fingerprint density at radius 2 is 1.67 bits per heavy atom. The summed E-state index contributed by atoms with van der Waals surface area (Å²) in [6, 6.07) is 24.9. The fraction of sp³-hybridized carbons (Fsp3) is 0.120. The zero-order valence-electron chi connectivity index (χ0n) is 17.5. The van der Waals surface area contributed by atoms with Gasteiger partial charge in [0.15, 0.2) is 9.84 Å². The number of rotatable bonds is 5. The first-order chi connectivity index (χ1) is 15.9. The number of carbonyl (C=O) groups excluding carboxylic acids is 1. The lowest BCUT2D eigenvalue weighted by molar-refractivity contribution is -0.115. The summed E-state index contributed by atoms with van der Waals surface area (Å²) in [5.41, 5.74) is 4.67. The van der Waals surface area contributed by atoms with Crippen molar-refractivity contribution in [3.63, 3.8) is 0 Å². The van der Waals surface area contributed by atoms with Gasteiger partial charge < -0.3 is 5.32 Å². The van der Waals surface area contributed by atoms with Crippen molar-refractivity contribution >= 4 is 33.2 Å². The summed E-state index contributed by atoms with van der Waals surface area (Å²) in [5.74, 6) is -0.165. The lowest BCUT2D eigenvalue weighted by Gasteiger charge is -2.12. The number of nitrogens with zero attached hydrogens (tertiary/aromatic N) is 2. The molecule has 1 aromatic heterocycles. The van der Waals surface area contributed by atoms with Crippen molar-refractivity contribution in [1.29, 1.82) is 0 Å². The molecule has 0 atom stereocenters. The lowest BCUT2D eigenvalue weighted by Crippen LogP contribution is -2.18. The maximum absolute atomic E-state index is 12.9. The van der Waals surface area contributed by atoms with Gasteiger partial charge in [0.2, 0.25) is 5.91 Å². The average Bonchev–Trinajstić information content (AvgIpc) is 3.27. The molecule has 4 aromatic rings. The largest absolute Gasteiger partial charge is 0.310 e. The molecule has 6 nitrogen and oxygen atoms in total. The molecule has 0 unspecified atom stereocenters. The third kappa shape index (κ3) is 4.55. The topological polar surface area (TPSA) is 81.1 Å². The van der Waals surface area contributed by atoms with Crippen LogP contribution in [0.15, 0.2) is 78.9 Å². The molecule has 1 aliphatic heterocycles. The van der Waals surface area contributed by atoms with Gasteiger partial charge in [-0.3, -0.25) is 4.79 Å². The average molecular weight is 478 g/mol. The number of hydrogen-bond donors (Lipinski definition) is 1. The number of hydrogen-bond acceptors (Lipinski definition) is 4. The molecule has 8 heteroatoms. The number of nitrogens with one attached hydrogen (secondary N) is 1. The Morgan fingerprint density at radius 1 is 0.939 bits per heavy atom. The van der Waals surface area contributed by atoms with Crippen molar-refractivity contribution in [3.8, 4) is 16.8 Å². The second kappa shape index (κ2) is 8.50. The summed E-state index contributed by atoms with van der Waals surface area (Å²) in [5, 5.41) is 7.88. The minimum absolute atomic E-state index is 0.139. The fourth-order valence-corrected chi connectivity index (χ4v) is 5.65. The molecule has 5 rings (SSSR count). The third-order valence-corrected chi connectivity index (χ3v) is 7.20. The molecule has 0 saturated carbocycles. The number of amides is 1. The molecule has 166 valence electrons. The van der Waals surface area contributed by atoms with Crippen LogP contribution in [-0.4, -0.2) is 24.1 Å². The number of fused-ring (bicyclic) bond motifs is 1. The number of carbonyl (C=O) groups is 1. The summed E-state index contributed by atoms with van der Waals surface area (Å²) in [6.45, 7) is 0. The molecule has 0 spiro atoms. The van der Waals surface area contributed by atoms with E-state index in [4.69, 9.17) is 11.6 Å².